The molecule has 2 fully saturated rings. The minimum absolute atomic E-state index is 0.0292. The minimum Gasteiger partial charge on any atom is -0.339 e. The molecule has 4 nitrogen and oxygen atoms in total. The minimum atomic E-state index is -0.177. The summed E-state index contributed by atoms with van der Waals surface area (Å²) in [6, 6.07) is 17.8. The van der Waals surface area contributed by atoms with Crippen molar-refractivity contribution in [1.82, 2.24) is 15.5 Å². The maximum absolute atomic E-state index is 14.4. The lowest BCUT2D eigenvalue weighted by molar-refractivity contribution is -0.142. The summed E-state index contributed by atoms with van der Waals surface area (Å²) in [4.78, 5) is 16.7. The first-order valence-corrected chi connectivity index (χ1v) is 13.9. The Morgan fingerprint density at radius 1 is 1.09 bits per heavy atom. The van der Waals surface area contributed by atoms with Gasteiger partial charge < -0.3 is 15.5 Å². The molecule has 0 aromatic heterocycles. The highest BCUT2D eigenvalue weighted by Crippen LogP contribution is 2.44. The zero-order valence-electron chi connectivity index (χ0n) is 20.5. The maximum Gasteiger partial charge on any atom is 0.228 e. The number of likely N-dealkylation sites (tertiary alicyclic amines) is 1. The van der Waals surface area contributed by atoms with Gasteiger partial charge in [-0.05, 0) is 47.4 Å². The molecule has 3 heterocycles. The van der Waals surface area contributed by atoms with Crippen LogP contribution < -0.4 is 10.6 Å². The van der Waals surface area contributed by atoms with Crippen LogP contribution in [0.1, 0.15) is 62.1 Å². The molecule has 2 aromatic carbocycles. The van der Waals surface area contributed by atoms with Gasteiger partial charge in [-0.15, -0.1) is 0 Å². The van der Waals surface area contributed by atoms with E-state index in [9.17, 15) is 4.79 Å². The Morgan fingerprint density at radius 3 is 2.62 bits per heavy atom. The summed E-state index contributed by atoms with van der Waals surface area (Å²) in [6.45, 7) is 8.79. The lowest BCUT2D eigenvalue weighted by Gasteiger charge is -2.47. The van der Waals surface area contributed by atoms with Crippen molar-refractivity contribution in [1.29, 1.82) is 0 Å². The molecule has 2 N–H and O–H groups in total. The molecule has 5 rings (SSSR count). The van der Waals surface area contributed by atoms with E-state index < -0.39 is 0 Å². The SMILES string of the molecule is CCC(CC)[C@@H]1C[C@H](c2ccccc2)CCN1C(=O)[C@@H]1CNC[C@]12CNCc1c(Br)cccc12. The molecule has 1 spiro atoms. The van der Waals surface area contributed by atoms with E-state index in [-0.39, 0.29) is 11.3 Å². The Bertz CT molecular complexity index is 1010. The smallest absolute Gasteiger partial charge is 0.228 e. The van der Waals surface area contributed by atoms with Crippen LogP contribution in [0.3, 0.4) is 0 Å². The van der Waals surface area contributed by atoms with E-state index in [0.717, 1.165) is 62.9 Å². The Labute approximate surface area is 213 Å². The van der Waals surface area contributed by atoms with Crippen molar-refractivity contribution >= 4 is 21.8 Å². The first-order valence-electron chi connectivity index (χ1n) is 13.1. The van der Waals surface area contributed by atoms with Crippen LogP contribution in [0.2, 0.25) is 0 Å². The van der Waals surface area contributed by atoms with E-state index >= 15 is 0 Å². The van der Waals surface area contributed by atoms with Gasteiger partial charge in [0.1, 0.15) is 0 Å². The predicted molar refractivity (Wildman–Crippen MR) is 142 cm³/mol. The number of hydrogen-bond acceptors (Lipinski definition) is 3. The quantitative estimate of drug-likeness (QED) is 0.564. The molecule has 0 saturated carbocycles. The van der Waals surface area contributed by atoms with E-state index in [1.807, 2.05) is 0 Å². The summed E-state index contributed by atoms with van der Waals surface area (Å²) >= 11 is 3.77. The summed E-state index contributed by atoms with van der Waals surface area (Å²) in [5.41, 5.74) is 3.92. The molecule has 3 aliphatic rings. The first-order chi connectivity index (χ1) is 16.6. The number of carbonyl (C=O) groups excluding carboxylic acids is 1. The van der Waals surface area contributed by atoms with Crippen LogP contribution in [0.15, 0.2) is 53.0 Å². The van der Waals surface area contributed by atoms with Crippen molar-refractivity contribution in [2.75, 3.05) is 26.2 Å². The largest absolute Gasteiger partial charge is 0.339 e. The molecule has 182 valence electrons. The number of hydrogen-bond donors (Lipinski definition) is 2. The van der Waals surface area contributed by atoms with Gasteiger partial charge >= 0.3 is 0 Å². The number of halogens is 1. The molecule has 3 aliphatic heterocycles. The van der Waals surface area contributed by atoms with Crippen LogP contribution in [0.4, 0.5) is 0 Å². The van der Waals surface area contributed by atoms with Gasteiger partial charge in [-0.25, -0.2) is 0 Å². The van der Waals surface area contributed by atoms with E-state index in [4.69, 9.17) is 0 Å². The highest BCUT2D eigenvalue weighted by Gasteiger charge is 2.52. The number of piperidine rings is 1. The van der Waals surface area contributed by atoms with Crippen molar-refractivity contribution in [3.05, 3.63) is 69.7 Å². The van der Waals surface area contributed by atoms with Crippen LogP contribution in [0.25, 0.3) is 0 Å². The summed E-state index contributed by atoms with van der Waals surface area (Å²) in [5, 5.41) is 7.26. The van der Waals surface area contributed by atoms with Crippen molar-refractivity contribution in [3.63, 3.8) is 0 Å². The average Bonchev–Trinajstić information content (AvgIpc) is 3.29. The van der Waals surface area contributed by atoms with E-state index in [2.05, 4.69) is 93.8 Å². The Kier molecular flexibility index (Phi) is 7.15. The van der Waals surface area contributed by atoms with Crippen molar-refractivity contribution < 1.29 is 4.79 Å². The van der Waals surface area contributed by atoms with Gasteiger partial charge in [-0.3, -0.25) is 4.79 Å². The third kappa shape index (κ3) is 4.14. The fourth-order valence-electron chi connectivity index (χ4n) is 7.04. The standard InChI is InChI=1S/C29H38BrN3O/c1-3-20(4-2)27-15-22(21-9-6-5-7-10-21)13-14-33(27)28(34)25-17-32-19-29(25)18-31-16-23-24(29)11-8-12-26(23)30/h5-12,20,22,25,27,31-32H,3-4,13-19H2,1-2H3/t22-,25+,27+,29+/m1/s1. The number of rotatable bonds is 5. The molecule has 2 aromatic rings. The zero-order valence-corrected chi connectivity index (χ0v) is 22.1. The summed E-state index contributed by atoms with van der Waals surface area (Å²) < 4.78 is 1.15. The van der Waals surface area contributed by atoms with Gasteiger partial charge in [0.2, 0.25) is 5.91 Å². The lowest BCUT2D eigenvalue weighted by atomic mass is 9.68. The zero-order chi connectivity index (χ0) is 23.7. The summed E-state index contributed by atoms with van der Waals surface area (Å²) in [5.74, 6) is 1.42. The molecule has 5 heteroatoms. The maximum atomic E-state index is 14.4. The second-order valence-electron chi connectivity index (χ2n) is 10.5. The number of nitrogens with one attached hydrogen (secondary N) is 2. The first kappa shape index (κ1) is 24.0. The number of carbonyl (C=O) groups is 1. The third-order valence-corrected chi connectivity index (χ3v) is 9.69. The number of fused-ring (bicyclic) bond motifs is 2. The third-order valence-electron chi connectivity index (χ3n) is 8.94. The summed E-state index contributed by atoms with van der Waals surface area (Å²) in [6.07, 6.45) is 4.38. The van der Waals surface area contributed by atoms with Crippen LogP contribution in [-0.2, 0) is 16.8 Å². The topological polar surface area (TPSA) is 44.4 Å². The number of nitrogens with zero attached hydrogens (tertiary/aromatic N) is 1. The summed E-state index contributed by atoms with van der Waals surface area (Å²) in [7, 11) is 0. The molecule has 1 amide bonds. The Morgan fingerprint density at radius 2 is 1.85 bits per heavy atom. The van der Waals surface area contributed by atoms with Crippen molar-refractivity contribution in [2.45, 2.75) is 63.5 Å². The van der Waals surface area contributed by atoms with Crippen LogP contribution >= 0.6 is 15.9 Å². The van der Waals surface area contributed by atoms with Crippen LogP contribution in [0.5, 0.6) is 0 Å². The van der Waals surface area contributed by atoms with Crippen molar-refractivity contribution in [2.24, 2.45) is 11.8 Å². The van der Waals surface area contributed by atoms with Crippen molar-refractivity contribution in [3.8, 4) is 0 Å². The predicted octanol–water partition coefficient (Wildman–Crippen LogP) is 5.22. The fourth-order valence-corrected chi connectivity index (χ4v) is 7.55. The second-order valence-corrected chi connectivity index (χ2v) is 11.4. The van der Waals surface area contributed by atoms with E-state index in [1.54, 1.807) is 0 Å². The van der Waals surface area contributed by atoms with E-state index in [1.165, 1.54) is 16.7 Å². The molecule has 0 bridgehead atoms. The molecular formula is C29H38BrN3O. The normalized spacial score (nSPS) is 28.9. The lowest BCUT2D eigenvalue weighted by Crippen LogP contribution is -2.57. The Balaban J connectivity index is 1.46. The highest BCUT2D eigenvalue weighted by molar-refractivity contribution is 9.10. The second kappa shape index (κ2) is 10.1. The highest BCUT2D eigenvalue weighted by atomic mass is 79.9. The van der Waals surface area contributed by atoms with Crippen LogP contribution in [-0.4, -0.2) is 43.0 Å². The molecular weight excluding hydrogens is 486 g/mol. The van der Waals surface area contributed by atoms with Gasteiger partial charge in [0.05, 0.1) is 5.92 Å². The molecule has 0 unspecified atom stereocenters. The van der Waals surface area contributed by atoms with E-state index in [0.29, 0.717) is 23.8 Å². The van der Waals surface area contributed by atoms with Gasteiger partial charge in [-0.1, -0.05) is 85.1 Å². The molecule has 2 saturated heterocycles. The number of amides is 1. The van der Waals surface area contributed by atoms with Crippen LogP contribution in [0, 0.1) is 11.8 Å². The average molecular weight is 525 g/mol. The van der Waals surface area contributed by atoms with Gasteiger partial charge in [0, 0.05) is 48.7 Å². The monoisotopic (exact) mass is 523 g/mol. The fraction of sp³-hybridized carbons (Fsp3) is 0.552. The van der Waals surface area contributed by atoms with Gasteiger partial charge in [0.15, 0.2) is 0 Å². The molecule has 34 heavy (non-hydrogen) atoms. The molecule has 0 aliphatic carbocycles. The van der Waals surface area contributed by atoms with Gasteiger partial charge in [-0.2, -0.15) is 0 Å². The molecule has 0 radical (unpaired) electrons. The Hall–Kier alpha value is -1.69. The molecule has 4 atom stereocenters. The number of benzene rings is 2. The van der Waals surface area contributed by atoms with Gasteiger partial charge in [0.25, 0.3) is 0 Å².